The second kappa shape index (κ2) is 4.34. The molecule has 0 spiro atoms. The molecule has 1 saturated heterocycles. The zero-order valence-corrected chi connectivity index (χ0v) is 11.0. The first kappa shape index (κ1) is 11.9. The Morgan fingerprint density at radius 2 is 2.25 bits per heavy atom. The zero-order chi connectivity index (χ0) is 11.9. The average molecular weight is 307 g/mol. The van der Waals surface area contributed by atoms with E-state index in [1.165, 1.54) is 6.07 Å². The summed E-state index contributed by atoms with van der Waals surface area (Å²) in [6.45, 7) is 2.23. The highest BCUT2D eigenvalue weighted by Crippen LogP contribution is 2.33. The average Bonchev–Trinajstić information content (AvgIpc) is 2.51. The third-order valence-corrected chi connectivity index (χ3v) is 3.51. The van der Waals surface area contributed by atoms with Crippen LogP contribution in [0.25, 0.3) is 0 Å². The van der Waals surface area contributed by atoms with Gasteiger partial charge in [-0.15, -0.1) is 0 Å². The minimum Gasteiger partial charge on any atom is -0.310 e. The second-order valence-corrected chi connectivity index (χ2v) is 5.56. The lowest BCUT2D eigenvalue weighted by Gasteiger charge is -2.18. The summed E-state index contributed by atoms with van der Waals surface area (Å²) in [7, 11) is 0. The molecule has 86 valence electrons. The van der Waals surface area contributed by atoms with Crippen molar-refractivity contribution in [3.8, 4) is 0 Å². The normalized spacial score (nSPS) is 20.6. The second-order valence-electron chi connectivity index (χ2n) is 3.86. The fourth-order valence-corrected chi connectivity index (χ4v) is 2.56. The lowest BCUT2D eigenvalue weighted by molar-refractivity contribution is -0.117. The summed E-state index contributed by atoms with van der Waals surface area (Å²) in [5, 5.41) is 0.276. The van der Waals surface area contributed by atoms with Crippen LogP contribution in [0, 0.1) is 12.7 Å². The lowest BCUT2D eigenvalue weighted by Crippen LogP contribution is -2.25. The van der Waals surface area contributed by atoms with Crippen molar-refractivity contribution in [2.75, 3.05) is 11.4 Å². The highest BCUT2D eigenvalue weighted by Gasteiger charge is 2.30. The van der Waals surface area contributed by atoms with Gasteiger partial charge < -0.3 is 4.90 Å². The minimum atomic E-state index is -0.351. The fraction of sp³-hybridized carbons (Fsp3) is 0.364. The molecular formula is C11H10BrClFNO. The Hall–Kier alpha value is -0.610. The number of amides is 1. The number of hydrogen-bond acceptors (Lipinski definition) is 1. The molecule has 1 aromatic rings. The summed E-state index contributed by atoms with van der Waals surface area (Å²) in [6, 6.07) is 2.86. The molecular weight excluding hydrogens is 296 g/mol. The number of alkyl halides is 1. The molecule has 1 aromatic carbocycles. The maximum Gasteiger partial charge on any atom is 0.228 e. The molecule has 0 N–H and O–H groups in total. The van der Waals surface area contributed by atoms with Crippen molar-refractivity contribution in [1.29, 1.82) is 0 Å². The van der Waals surface area contributed by atoms with Gasteiger partial charge in [0, 0.05) is 17.8 Å². The van der Waals surface area contributed by atoms with Crippen molar-refractivity contribution in [3.63, 3.8) is 0 Å². The first-order valence-electron chi connectivity index (χ1n) is 4.89. The number of anilines is 1. The largest absolute Gasteiger partial charge is 0.310 e. The van der Waals surface area contributed by atoms with Crippen LogP contribution >= 0.6 is 27.5 Å². The monoisotopic (exact) mass is 305 g/mol. The van der Waals surface area contributed by atoms with E-state index >= 15 is 0 Å². The molecule has 0 saturated carbocycles. The predicted octanol–water partition coefficient (Wildman–Crippen LogP) is 3.29. The van der Waals surface area contributed by atoms with Gasteiger partial charge in [-0.25, -0.2) is 4.39 Å². The fourth-order valence-electron chi connectivity index (χ4n) is 1.75. The van der Waals surface area contributed by atoms with E-state index in [0.717, 1.165) is 0 Å². The SMILES string of the molecule is Cc1cc(N2CC(Br)CC2=O)c(Cl)cc1F. The molecule has 1 fully saturated rings. The first-order valence-corrected chi connectivity index (χ1v) is 6.18. The van der Waals surface area contributed by atoms with E-state index in [2.05, 4.69) is 15.9 Å². The summed E-state index contributed by atoms with van der Waals surface area (Å²) in [5.74, 6) is -0.342. The molecule has 1 unspecified atom stereocenters. The van der Waals surface area contributed by atoms with Crippen molar-refractivity contribution in [1.82, 2.24) is 0 Å². The predicted molar refractivity (Wildman–Crippen MR) is 65.8 cm³/mol. The number of carbonyl (C=O) groups excluding carboxylic acids is 1. The van der Waals surface area contributed by atoms with Gasteiger partial charge in [0.2, 0.25) is 5.91 Å². The van der Waals surface area contributed by atoms with E-state index in [9.17, 15) is 9.18 Å². The molecule has 2 rings (SSSR count). The van der Waals surface area contributed by atoms with E-state index in [-0.39, 0.29) is 21.6 Å². The standard InChI is InChI=1S/C11H10BrClFNO/c1-6-2-10(8(13)4-9(6)14)15-5-7(12)3-11(15)16/h2,4,7H,3,5H2,1H3. The summed E-state index contributed by atoms with van der Waals surface area (Å²) in [6.07, 6.45) is 0.451. The molecule has 1 aliphatic rings. The molecule has 1 amide bonds. The Labute approximate surface area is 107 Å². The molecule has 1 heterocycles. The minimum absolute atomic E-state index is 0.00906. The molecule has 16 heavy (non-hydrogen) atoms. The van der Waals surface area contributed by atoms with E-state index in [0.29, 0.717) is 24.2 Å². The molecule has 0 aliphatic carbocycles. The third kappa shape index (κ3) is 2.09. The summed E-state index contributed by atoms with van der Waals surface area (Å²) in [5.41, 5.74) is 1.08. The van der Waals surface area contributed by atoms with Crippen LogP contribution in [-0.4, -0.2) is 17.3 Å². The van der Waals surface area contributed by atoms with Crippen LogP contribution < -0.4 is 4.90 Å². The van der Waals surface area contributed by atoms with Gasteiger partial charge in [-0.3, -0.25) is 4.79 Å². The number of nitrogens with zero attached hydrogens (tertiary/aromatic N) is 1. The van der Waals surface area contributed by atoms with Crippen molar-refractivity contribution in [3.05, 3.63) is 28.5 Å². The van der Waals surface area contributed by atoms with Crippen LogP contribution in [-0.2, 0) is 4.79 Å². The molecule has 5 heteroatoms. The van der Waals surface area contributed by atoms with Gasteiger partial charge >= 0.3 is 0 Å². The molecule has 1 atom stereocenters. The van der Waals surface area contributed by atoms with Crippen LogP contribution in [0.3, 0.4) is 0 Å². The Balaban J connectivity index is 2.41. The van der Waals surface area contributed by atoms with Gasteiger partial charge in [0.25, 0.3) is 0 Å². The van der Waals surface area contributed by atoms with Crippen LogP contribution in [0.15, 0.2) is 12.1 Å². The van der Waals surface area contributed by atoms with Gasteiger partial charge in [0.05, 0.1) is 10.7 Å². The van der Waals surface area contributed by atoms with Crippen molar-refractivity contribution in [2.24, 2.45) is 0 Å². The number of carbonyl (C=O) groups is 1. The number of hydrogen-bond donors (Lipinski definition) is 0. The number of benzene rings is 1. The number of rotatable bonds is 1. The molecule has 0 aromatic heterocycles. The van der Waals surface area contributed by atoms with Crippen molar-refractivity contribution >= 4 is 39.1 Å². The van der Waals surface area contributed by atoms with E-state index in [1.807, 2.05) is 0 Å². The maximum absolute atomic E-state index is 13.2. The van der Waals surface area contributed by atoms with E-state index < -0.39 is 0 Å². The quantitative estimate of drug-likeness (QED) is 0.729. The van der Waals surface area contributed by atoms with Crippen LogP contribution in [0.5, 0.6) is 0 Å². The third-order valence-electron chi connectivity index (χ3n) is 2.60. The highest BCUT2D eigenvalue weighted by atomic mass is 79.9. The zero-order valence-electron chi connectivity index (χ0n) is 8.64. The summed E-state index contributed by atoms with van der Waals surface area (Å²) >= 11 is 9.34. The van der Waals surface area contributed by atoms with Crippen LogP contribution in [0.1, 0.15) is 12.0 Å². The summed E-state index contributed by atoms with van der Waals surface area (Å²) in [4.78, 5) is 13.4. The summed E-state index contributed by atoms with van der Waals surface area (Å²) < 4.78 is 13.2. The smallest absolute Gasteiger partial charge is 0.228 e. The molecule has 0 radical (unpaired) electrons. The molecule has 0 bridgehead atoms. The first-order chi connectivity index (χ1) is 7.49. The van der Waals surface area contributed by atoms with E-state index in [4.69, 9.17) is 11.6 Å². The Bertz CT molecular complexity index is 452. The van der Waals surface area contributed by atoms with Gasteiger partial charge in [-0.1, -0.05) is 27.5 Å². The van der Waals surface area contributed by atoms with Gasteiger partial charge in [-0.05, 0) is 24.6 Å². The lowest BCUT2D eigenvalue weighted by atomic mass is 10.2. The van der Waals surface area contributed by atoms with Gasteiger partial charge in [-0.2, -0.15) is 0 Å². The highest BCUT2D eigenvalue weighted by molar-refractivity contribution is 9.09. The van der Waals surface area contributed by atoms with Crippen LogP contribution in [0.2, 0.25) is 5.02 Å². The number of aryl methyl sites for hydroxylation is 1. The Kier molecular flexibility index (Phi) is 3.22. The van der Waals surface area contributed by atoms with Crippen molar-refractivity contribution < 1.29 is 9.18 Å². The van der Waals surface area contributed by atoms with Gasteiger partial charge in [0.15, 0.2) is 0 Å². The van der Waals surface area contributed by atoms with Gasteiger partial charge in [0.1, 0.15) is 5.82 Å². The molecule has 1 aliphatic heterocycles. The Morgan fingerprint density at radius 1 is 1.56 bits per heavy atom. The van der Waals surface area contributed by atoms with E-state index in [1.54, 1.807) is 17.9 Å². The van der Waals surface area contributed by atoms with Crippen molar-refractivity contribution in [2.45, 2.75) is 18.2 Å². The topological polar surface area (TPSA) is 20.3 Å². The number of halogens is 3. The maximum atomic E-state index is 13.2. The van der Waals surface area contributed by atoms with Crippen LogP contribution in [0.4, 0.5) is 10.1 Å². The molecule has 2 nitrogen and oxygen atoms in total. The Morgan fingerprint density at radius 3 is 2.81 bits per heavy atom.